The van der Waals surface area contributed by atoms with Gasteiger partial charge in [0.1, 0.15) is 0 Å². The Morgan fingerprint density at radius 2 is 1.75 bits per heavy atom. The van der Waals surface area contributed by atoms with Crippen molar-refractivity contribution < 1.29 is 34.0 Å². The maximum atomic E-state index is 11.2. The van der Waals surface area contributed by atoms with E-state index in [2.05, 4.69) is 31.2 Å². The molecule has 4 unspecified atom stereocenters. The number of aliphatic carboxylic acids is 1. The van der Waals surface area contributed by atoms with Gasteiger partial charge in [-0.25, -0.2) is 0 Å². The number of allylic oxidation sites excluding steroid dienone is 2. The molecule has 7 nitrogen and oxygen atoms in total. The van der Waals surface area contributed by atoms with E-state index in [-0.39, 0.29) is 43.0 Å². The van der Waals surface area contributed by atoms with E-state index in [9.17, 15) is 9.90 Å². The number of unbranched alkanes of at least 4 members (excludes halogenated alkanes) is 1. The Hall–Kier alpha value is -1.25. The summed E-state index contributed by atoms with van der Waals surface area (Å²) in [6.45, 7) is 3.81. The molecule has 2 aliphatic carbocycles. The van der Waals surface area contributed by atoms with Crippen LogP contribution < -0.4 is 0 Å². The molecule has 4 rings (SSSR count). The van der Waals surface area contributed by atoms with Gasteiger partial charge in [0.2, 0.25) is 0 Å². The Balaban J connectivity index is 1.47. The van der Waals surface area contributed by atoms with Crippen LogP contribution >= 0.6 is 0 Å². The fourth-order valence-electron chi connectivity index (χ4n) is 7.13. The Labute approximate surface area is 241 Å². The highest BCUT2D eigenvalue weighted by atomic mass is 16.7. The lowest BCUT2D eigenvalue weighted by Crippen LogP contribution is -2.34. The molecule has 0 aromatic heterocycles. The first-order chi connectivity index (χ1) is 19.5. The highest BCUT2D eigenvalue weighted by Gasteiger charge is 2.43. The normalized spacial score (nSPS) is 36.4. The summed E-state index contributed by atoms with van der Waals surface area (Å²) >= 11 is 0. The zero-order chi connectivity index (χ0) is 28.2. The molecule has 0 bridgehead atoms. The van der Waals surface area contributed by atoms with Crippen LogP contribution in [0.3, 0.4) is 0 Å². The third-order valence-corrected chi connectivity index (χ3v) is 9.53. The molecule has 228 valence electrons. The minimum Gasteiger partial charge on any atom is -0.481 e. The van der Waals surface area contributed by atoms with E-state index in [1.54, 1.807) is 0 Å². The molecule has 0 aromatic carbocycles. The third-order valence-electron chi connectivity index (χ3n) is 9.53. The Morgan fingerprint density at radius 1 is 0.975 bits per heavy atom. The van der Waals surface area contributed by atoms with Crippen molar-refractivity contribution in [1.82, 2.24) is 0 Å². The zero-order valence-electron chi connectivity index (χ0n) is 24.7. The van der Waals surface area contributed by atoms with Gasteiger partial charge in [0.05, 0.1) is 18.3 Å². The van der Waals surface area contributed by atoms with Crippen LogP contribution in [0.4, 0.5) is 0 Å². The molecular weight excluding hydrogens is 508 g/mol. The lowest BCUT2D eigenvalue weighted by Gasteiger charge is -2.36. The lowest BCUT2D eigenvalue weighted by molar-refractivity contribution is -0.193. The van der Waals surface area contributed by atoms with E-state index in [1.165, 1.54) is 32.1 Å². The van der Waals surface area contributed by atoms with Crippen molar-refractivity contribution in [3.05, 3.63) is 24.3 Å². The minimum atomic E-state index is -0.756. The fourth-order valence-corrected chi connectivity index (χ4v) is 7.13. The number of carboxylic acid groups (broad SMARTS) is 1. The molecule has 9 atom stereocenters. The smallest absolute Gasteiger partial charge is 0.303 e. The molecule has 7 heteroatoms. The van der Waals surface area contributed by atoms with Gasteiger partial charge in [0.15, 0.2) is 12.6 Å². The van der Waals surface area contributed by atoms with Crippen molar-refractivity contribution in [2.24, 2.45) is 23.7 Å². The van der Waals surface area contributed by atoms with Crippen LogP contribution in [-0.4, -0.2) is 60.3 Å². The SMILES string of the molecule is CCC1CCCC([C@@H](/C=C/[C@@H]2[C@@H](C/C=C\CCCC(=O)O)[C@@H](O)C[C@H]2OC2CCCCO2)OC2CCCCO2)C1. The average molecular weight is 563 g/mol. The van der Waals surface area contributed by atoms with Crippen LogP contribution in [-0.2, 0) is 23.7 Å². The number of carbonyl (C=O) groups is 1. The van der Waals surface area contributed by atoms with Crippen LogP contribution in [0.5, 0.6) is 0 Å². The predicted octanol–water partition coefficient (Wildman–Crippen LogP) is 6.78. The molecule has 2 N–H and O–H groups in total. The summed E-state index contributed by atoms with van der Waals surface area (Å²) in [6.07, 6.45) is 23.3. The first kappa shape index (κ1) is 31.7. The van der Waals surface area contributed by atoms with Crippen molar-refractivity contribution >= 4 is 5.97 Å². The molecule has 2 saturated heterocycles. The monoisotopic (exact) mass is 562 g/mol. The second-order valence-electron chi connectivity index (χ2n) is 12.5. The van der Waals surface area contributed by atoms with E-state index >= 15 is 0 Å². The number of hydrogen-bond donors (Lipinski definition) is 2. The van der Waals surface area contributed by atoms with Gasteiger partial charge in [0, 0.05) is 32.0 Å². The first-order valence-electron chi connectivity index (χ1n) is 16.3. The second-order valence-corrected chi connectivity index (χ2v) is 12.5. The molecule has 0 amide bonds. The number of carboxylic acids is 1. The number of ether oxygens (including phenoxy) is 4. The van der Waals surface area contributed by atoms with Crippen LogP contribution in [0.1, 0.15) is 110 Å². The van der Waals surface area contributed by atoms with Crippen LogP contribution in [0, 0.1) is 23.7 Å². The van der Waals surface area contributed by atoms with Crippen LogP contribution in [0.2, 0.25) is 0 Å². The van der Waals surface area contributed by atoms with Crippen LogP contribution in [0.15, 0.2) is 24.3 Å². The molecule has 2 aliphatic heterocycles. The van der Waals surface area contributed by atoms with E-state index in [0.29, 0.717) is 18.8 Å². The molecule has 4 fully saturated rings. The van der Waals surface area contributed by atoms with Crippen molar-refractivity contribution in [1.29, 1.82) is 0 Å². The maximum absolute atomic E-state index is 11.2. The quantitative estimate of drug-likeness (QED) is 0.178. The summed E-state index contributed by atoms with van der Waals surface area (Å²) < 4.78 is 25.1. The van der Waals surface area contributed by atoms with Gasteiger partial charge in [-0.1, -0.05) is 50.5 Å². The van der Waals surface area contributed by atoms with Gasteiger partial charge < -0.3 is 29.2 Å². The number of aliphatic hydroxyl groups excluding tert-OH is 1. The summed E-state index contributed by atoms with van der Waals surface area (Å²) in [4.78, 5) is 10.8. The van der Waals surface area contributed by atoms with Gasteiger partial charge in [-0.2, -0.15) is 0 Å². The molecule has 0 spiro atoms. The van der Waals surface area contributed by atoms with Gasteiger partial charge >= 0.3 is 5.97 Å². The van der Waals surface area contributed by atoms with E-state index < -0.39 is 12.1 Å². The number of aliphatic hydroxyl groups is 1. The third kappa shape index (κ3) is 9.94. The summed E-state index contributed by atoms with van der Waals surface area (Å²) in [5.41, 5.74) is 0. The predicted molar refractivity (Wildman–Crippen MR) is 155 cm³/mol. The molecule has 2 heterocycles. The summed E-state index contributed by atoms with van der Waals surface area (Å²) in [5, 5.41) is 20.1. The molecule has 0 aromatic rings. The topological polar surface area (TPSA) is 94.5 Å². The number of rotatable bonds is 14. The molecule has 40 heavy (non-hydrogen) atoms. The summed E-state index contributed by atoms with van der Waals surface area (Å²) in [5.74, 6) is 0.598. The second kappa shape index (κ2) is 17.0. The van der Waals surface area contributed by atoms with Crippen molar-refractivity contribution in [2.75, 3.05) is 13.2 Å². The van der Waals surface area contributed by atoms with Crippen molar-refractivity contribution in [3.8, 4) is 0 Å². The molecule has 4 aliphatic rings. The first-order valence-corrected chi connectivity index (χ1v) is 16.3. The number of hydrogen-bond acceptors (Lipinski definition) is 6. The fraction of sp³-hybridized carbons (Fsp3) is 0.848. The van der Waals surface area contributed by atoms with Crippen molar-refractivity contribution in [3.63, 3.8) is 0 Å². The minimum absolute atomic E-state index is 0.00832. The maximum Gasteiger partial charge on any atom is 0.303 e. The van der Waals surface area contributed by atoms with Crippen molar-refractivity contribution in [2.45, 2.75) is 141 Å². The molecular formula is C33H54O7. The highest BCUT2D eigenvalue weighted by Crippen LogP contribution is 2.41. The largest absolute Gasteiger partial charge is 0.481 e. The lowest BCUT2D eigenvalue weighted by atomic mass is 9.77. The van der Waals surface area contributed by atoms with Crippen LogP contribution in [0.25, 0.3) is 0 Å². The zero-order valence-corrected chi connectivity index (χ0v) is 24.7. The Kier molecular flexibility index (Phi) is 13.5. The Bertz CT molecular complexity index is 786. The summed E-state index contributed by atoms with van der Waals surface area (Å²) in [7, 11) is 0. The van der Waals surface area contributed by atoms with Gasteiger partial charge in [0.25, 0.3) is 0 Å². The van der Waals surface area contributed by atoms with Gasteiger partial charge in [-0.3, -0.25) is 4.79 Å². The standard InChI is InChI=1S/C33H54O7/c1-2-24-12-11-13-25(22-24)29(39-32-16-7-9-20-37-32)19-18-27-26(14-5-3-4-6-15-31(35)36)28(34)23-30(27)40-33-17-8-10-21-38-33/h3,5,18-19,24-30,32-34H,2,4,6-17,20-23H2,1H3,(H,35,36)/b5-3-,19-18+/t24?,25?,26-,27-,28+,29-,30-,32?,33?/m1/s1. The molecule has 0 radical (unpaired) electrons. The molecule has 2 saturated carbocycles. The summed E-state index contributed by atoms with van der Waals surface area (Å²) in [6, 6.07) is 0. The average Bonchev–Trinajstić information content (AvgIpc) is 3.26. The van der Waals surface area contributed by atoms with Gasteiger partial charge in [-0.05, 0) is 88.4 Å². The highest BCUT2D eigenvalue weighted by molar-refractivity contribution is 5.66. The van der Waals surface area contributed by atoms with Gasteiger partial charge in [-0.15, -0.1) is 0 Å². The van der Waals surface area contributed by atoms with E-state index in [4.69, 9.17) is 24.1 Å². The Morgan fingerprint density at radius 3 is 2.45 bits per heavy atom. The van der Waals surface area contributed by atoms with E-state index in [0.717, 1.165) is 70.5 Å². The van der Waals surface area contributed by atoms with E-state index in [1.807, 2.05) is 0 Å².